The summed E-state index contributed by atoms with van der Waals surface area (Å²) in [5.41, 5.74) is -0.930. The molecule has 0 aliphatic rings. The van der Waals surface area contributed by atoms with E-state index in [-0.39, 0.29) is 18.7 Å². The fourth-order valence-corrected chi connectivity index (χ4v) is 1.59. The Morgan fingerprint density at radius 3 is 2.75 bits per heavy atom. The summed E-state index contributed by atoms with van der Waals surface area (Å²) in [6, 6.07) is 6.74. The standard InChI is InChI=1S/C14H21ClN2O3/c1-10(20-12-6-4-5-11(15)7-12)8-16-13(18)17-9-14(2,3)19/h4-7,10,19H,8-9H2,1-3H3,(H2,16,17,18)/t10-/m0/s1. The van der Waals surface area contributed by atoms with Crippen molar-refractivity contribution < 1.29 is 14.6 Å². The van der Waals surface area contributed by atoms with Gasteiger partial charge in [-0.15, -0.1) is 0 Å². The van der Waals surface area contributed by atoms with Crippen LogP contribution in [0.15, 0.2) is 24.3 Å². The first-order valence-corrected chi connectivity index (χ1v) is 6.80. The van der Waals surface area contributed by atoms with E-state index in [1.807, 2.05) is 6.92 Å². The maximum absolute atomic E-state index is 11.5. The zero-order valence-corrected chi connectivity index (χ0v) is 12.7. The van der Waals surface area contributed by atoms with Crippen molar-refractivity contribution in [1.82, 2.24) is 10.6 Å². The number of halogens is 1. The van der Waals surface area contributed by atoms with Gasteiger partial charge < -0.3 is 20.5 Å². The van der Waals surface area contributed by atoms with Gasteiger partial charge in [0.2, 0.25) is 0 Å². The van der Waals surface area contributed by atoms with Crippen molar-refractivity contribution >= 4 is 17.6 Å². The third-order valence-corrected chi connectivity index (χ3v) is 2.60. The molecule has 0 saturated carbocycles. The normalized spacial score (nSPS) is 12.7. The average Bonchev–Trinajstić information content (AvgIpc) is 2.33. The molecule has 0 aliphatic carbocycles. The molecule has 2 amide bonds. The number of carbonyl (C=O) groups is 1. The monoisotopic (exact) mass is 300 g/mol. The van der Waals surface area contributed by atoms with Crippen LogP contribution in [0.25, 0.3) is 0 Å². The third-order valence-electron chi connectivity index (χ3n) is 2.36. The molecule has 3 N–H and O–H groups in total. The van der Waals surface area contributed by atoms with E-state index in [0.29, 0.717) is 17.3 Å². The molecule has 112 valence electrons. The number of hydrogen-bond acceptors (Lipinski definition) is 3. The zero-order valence-electron chi connectivity index (χ0n) is 11.9. The van der Waals surface area contributed by atoms with Gasteiger partial charge >= 0.3 is 6.03 Å². The molecule has 1 atom stereocenters. The van der Waals surface area contributed by atoms with Crippen LogP contribution in [0.1, 0.15) is 20.8 Å². The highest BCUT2D eigenvalue weighted by molar-refractivity contribution is 6.30. The molecule has 0 spiro atoms. The van der Waals surface area contributed by atoms with Crippen LogP contribution in [0.4, 0.5) is 4.79 Å². The highest BCUT2D eigenvalue weighted by Crippen LogP contribution is 2.18. The smallest absolute Gasteiger partial charge is 0.315 e. The molecule has 0 aliphatic heterocycles. The molecule has 1 rings (SSSR count). The van der Waals surface area contributed by atoms with Crippen LogP contribution < -0.4 is 15.4 Å². The highest BCUT2D eigenvalue weighted by atomic mass is 35.5. The van der Waals surface area contributed by atoms with E-state index in [1.165, 1.54) is 0 Å². The van der Waals surface area contributed by atoms with Gasteiger partial charge in [-0.1, -0.05) is 17.7 Å². The summed E-state index contributed by atoms with van der Waals surface area (Å²) < 4.78 is 5.61. The Morgan fingerprint density at radius 2 is 2.15 bits per heavy atom. The fourth-order valence-electron chi connectivity index (χ4n) is 1.41. The summed E-state index contributed by atoms with van der Waals surface area (Å²) >= 11 is 5.86. The Morgan fingerprint density at radius 1 is 1.45 bits per heavy atom. The molecule has 1 aromatic carbocycles. The lowest BCUT2D eigenvalue weighted by Crippen LogP contribution is -2.45. The number of aliphatic hydroxyl groups is 1. The van der Waals surface area contributed by atoms with E-state index in [2.05, 4.69) is 10.6 Å². The second-order valence-corrected chi connectivity index (χ2v) is 5.70. The Kier molecular flexibility index (Phi) is 6.10. The van der Waals surface area contributed by atoms with Crippen molar-refractivity contribution in [1.29, 1.82) is 0 Å². The van der Waals surface area contributed by atoms with Crippen LogP contribution in [0.3, 0.4) is 0 Å². The van der Waals surface area contributed by atoms with Crippen molar-refractivity contribution in [3.8, 4) is 5.75 Å². The molecular formula is C14H21ClN2O3. The molecule has 0 saturated heterocycles. The third kappa shape index (κ3) is 7.21. The van der Waals surface area contributed by atoms with Crippen LogP contribution in [0.2, 0.25) is 5.02 Å². The first-order valence-electron chi connectivity index (χ1n) is 6.42. The predicted molar refractivity (Wildman–Crippen MR) is 79.2 cm³/mol. The Bertz CT molecular complexity index is 446. The van der Waals surface area contributed by atoms with Gasteiger partial charge in [-0.25, -0.2) is 4.79 Å². The number of benzene rings is 1. The van der Waals surface area contributed by atoms with E-state index in [0.717, 1.165) is 0 Å². The van der Waals surface area contributed by atoms with Gasteiger partial charge in [0, 0.05) is 11.6 Å². The molecule has 1 aromatic rings. The Balaban J connectivity index is 2.29. The number of hydrogen-bond donors (Lipinski definition) is 3. The van der Waals surface area contributed by atoms with Crippen LogP contribution in [-0.2, 0) is 0 Å². The summed E-state index contributed by atoms with van der Waals surface area (Å²) in [4.78, 5) is 11.5. The molecule has 0 radical (unpaired) electrons. The number of carbonyl (C=O) groups excluding carboxylic acids is 1. The summed E-state index contributed by atoms with van der Waals surface area (Å²) in [7, 11) is 0. The summed E-state index contributed by atoms with van der Waals surface area (Å²) in [6.07, 6.45) is -0.193. The number of nitrogens with one attached hydrogen (secondary N) is 2. The average molecular weight is 301 g/mol. The van der Waals surface area contributed by atoms with E-state index >= 15 is 0 Å². The molecule has 0 aromatic heterocycles. The van der Waals surface area contributed by atoms with Crippen molar-refractivity contribution in [2.24, 2.45) is 0 Å². The van der Waals surface area contributed by atoms with Gasteiger partial charge in [0.05, 0.1) is 12.1 Å². The summed E-state index contributed by atoms with van der Waals surface area (Å²) in [6.45, 7) is 5.63. The molecule has 20 heavy (non-hydrogen) atoms. The number of amides is 2. The number of ether oxygens (including phenoxy) is 1. The van der Waals surface area contributed by atoms with Crippen molar-refractivity contribution in [3.63, 3.8) is 0 Å². The number of rotatable bonds is 6. The highest BCUT2D eigenvalue weighted by Gasteiger charge is 2.14. The second-order valence-electron chi connectivity index (χ2n) is 5.26. The molecule has 6 heteroatoms. The minimum Gasteiger partial charge on any atom is -0.489 e. The second kappa shape index (κ2) is 7.36. The van der Waals surface area contributed by atoms with E-state index < -0.39 is 5.60 Å². The Hall–Kier alpha value is -1.46. The fraction of sp³-hybridized carbons (Fsp3) is 0.500. The predicted octanol–water partition coefficient (Wildman–Crippen LogP) is 2.18. The zero-order chi connectivity index (χ0) is 15.2. The number of urea groups is 1. The van der Waals surface area contributed by atoms with Gasteiger partial charge in [0.25, 0.3) is 0 Å². The maximum Gasteiger partial charge on any atom is 0.315 e. The van der Waals surface area contributed by atoms with Crippen LogP contribution in [0, 0.1) is 0 Å². The molecule has 0 fully saturated rings. The van der Waals surface area contributed by atoms with Crippen LogP contribution in [0.5, 0.6) is 5.75 Å². The van der Waals surface area contributed by atoms with Crippen molar-refractivity contribution in [2.75, 3.05) is 13.1 Å². The first kappa shape index (κ1) is 16.6. The van der Waals surface area contributed by atoms with E-state index in [1.54, 1.807) is 38.1 Å². The SMILES string of the molecule is C[C@@H](CNC(=O)NCC(C)(C)O)Oc1cccc(Cl)c1. The largest absolute Gasteiger partial charge is 0.489 e. The first-order chi connectivity index (χ1) is 9.26. The molecule has 0 unspecified atom stereocenters. The van der Waals surface area contributed by atoms with E-state index in [4.69, 9.17) is 16.3 Å². The lowest BCUT2D eigenvalue weighted by molar-refractivity contribution is 0.0818. The quantitative estimate of drug-likeness (QED) is 0.754. The lowest BCUT2D eigenvalue weighted by Gasteiger charge is -2.19. The Labute approximate surface area is 124 Å². The molecule has 0 bridgehead atoms. The minimum atomic E-state index is -0.930. The minimum absolute atomic E-state index is 0.183. The van der Waals surface area contributed by atoms with Gasteiger partial charge in [-0.3, -0.25) is 0 Å². The van der Waals surface area contributed by atoms with Crippen molar-refractivity contribution in [3.05, 3.63) is 29.3 Å². The molecular weight excluding hydrogens is 280 g/mol. The lowest BCUT2D eigenvalue weighted by atomic mass is 10.1. The van der Waals surface area contributed by atoms with Crippen LogP contribution in [-0.4, -0.2) is 35.9 Å². The summed E-state index contributed by atoms with van der Waals surface area (Å²) in [5, 5.41) is 15.3. The molecule has 5 nitrogen and oxygen atoms in total. The molecule has 0 heterocycles. The van der Waals surface area contributed by atoms with Crippen LogP contribution >= 0.6 is 11.6 Å². The van der Waals surface area contributed by atoms with Gasteiger partial charge in [-0.2, -0.15) is 0 Å². The van der Waals surface area contributed by atoms with Gasteiger partial charge in [-0.05, 0) is 39.0 Å². The maximum atomic E-state index is 11.5. The topological polar surface area (TPSA) is 70.6 Å². The summed E-state index contributed by atoms with van der Waals surface area (Å²) in [5.74, 6) is 0.656. The van der Waals surface area contributed by atoms with Gasteiger partial charge in [0.15, 0.2) is 0 Å². The van der Waals surface area contributed by atoms with Crippen molar-refractivity contribution in [2.45, 2.75) is 32.5 Å². The van der Waals surface area contributed by atoms with Gasteiger partial charge in [0.1, 0.15) is 11.9 Å². The van der Waals surface area contributed by atoms with E-state index in [9.17, 15) is 9.90 Å².